The molecule has 2 N–H and O–H groups in total. The highest BCUT2D eigenvalue weighted by Gasteiger charge is 2.35. The number of benzene rings is 1. The average molecular weight is 322 g/mol. The van der Waals surface area contributed by atoms with E-state index < -0.39 is 0 Å². The van der Waals surface area contributed by atoms with Crippen LogP contribution in [0, 0.1) is 0 Å². The van der Waals surface area contributed by atoms with E-state index in [0.717, 1.165) is 44.5 Å². The summed E-state index contributed by atoms with van der Waals surface area (Å²) in [6, 6.07) is 6.25. The van der Waals surface area contributed by atoms with Gasteiger partial charge in [-0.2, -0.15) is 4.98 Å². The molecule has 6 heteroatoms. The van der Waals surface area contributed by atoms with Gasteiger partial charge in [-0.3, -0.25) is 0 Å². The predicted octanol–water partition coefficient (Wildman–Crippen LogP) is 2.75. The number of aromatic nitrogens is 2. The molecule has 0 bridgehead atoms. The van der Waals surface area contributed by atoms with Gasteiger partial charge in [0.05, 0.1) is 18.6 Å². The van der Waals surface area contributed by atoms with Crippen LogP contribution in [0.4, 0.5) is 0 Å². The molecular weight excluding hydrogens is 302 g/mol. The van der Waals surface area contributed by atoms with Crippen molar-refractivity contribution in [2.75, 3.05) is 6.61 Å². The van der Waals surface area contributed by atoms with E-state index in [-0.39, 0.29) is 17.9 Å². The number of rotatable bonds is 3. The molecule has 2 aliphatic rings. The Balaban J connectivity index is 0.00000144. The highest BCUT2D eigenvalue weighted by molar-refractivity contribution is 5.85. The van der Waals surface area contributed by atoms with Crippen molar-refractivity contribution in [3.8, 4) is 5.75 Å². The maximum Gasteiger partial charge on any atom is 0.231 e. The summed E-state index contributed by atoms with van der Waals surface area (Å²) < 4.78 is 10.9. The highest BCUT2D eigenvalue weighted by atomic mass is 35.5. The van der Waals surface area contributed by atoms with Crippen LogP contribution in [-0.4, -0.2) is 16.7 Å². The lowest BCUT2D eigenvalue weighted by atomic mass is 9.98. The van der Waals surface area contributed by atoms with Crippen LogP contribution in [-0.2, 0) is 18.4 Å². The van der Waals surface area contributed by atoms with E-state index in [2.05, 4.69) is 22.3 Å². The molecule has 1 aromatic heterocycles. The second-order valence-electron chi connectivity index (χ2n) is 6.09. The molecule has 0 saturated heterocycles. The third kappa shape index (κ3) is 2.71. The molecule has 1 saturated carbocycles. The van der Waals surface area contributed by atoms with Gasteiger partial charge in [-0.05, 0) is 30.0 Å². The normalized spacial score (nSPS) is 18.6. The van der Waals surface area contributed by atoms with Gasteiger partial charge in [0.2, 0.25) is 5.89 Å². The van der Waals surface area contributed by atoms with Crippen LogP contribution >= 0.6 is 12.4 Å². The van der Waals surface area contributed by atoms with Crippen LogP contribution in [0.2, 0.25) is 0 Å². The Kier molecular flexibility index (Phi) is 4.10. The van der Waals surface area contributed by atoms with Gasteiger partial charge >= 0.3 is 0 Å². The number of fused-ring (bicyclic) bond motifs is 1. The van der Waals surface area contributed by atoms with Crippen molar-refractivity contribution in [3.05, 3.63) is 41.0 Å². The second kappa shape index (κ2) is 5.89. The zero-order valence-corrected chi connectivity index (χ0v) is 13.2. The van der Waals surface area contributed by atoms with Crippen molar-refractivity contribution >= 4 is 12.4 Å². The molecule has 1 fully saturated rings. The standard InChI is InChI=1S/C16H19N3O2.ClH/c17-16(6-1-2-7-16)15-18-14(21-19-15)10-11-3-4-13-12(9-11)5-8-20-13;/h3-4,9H,1-2,5-8,10,17H2;1H. The minimum Gasteiger partial charge on any atom is -0.493 e. The first-order valence-electron chi connectivity index (χ1n) is 7.59. The van der Waals surface area contributed by atoms with E-state index in [4.69, 9.17) is 15.0 Å². The third-order valence-corrected chi connectivity index (χ3v) is 4.52. The van der Waals surface area contributed by atoms with Gasteiger partial charge in [-0.15, -0.1) is 12.4 Å². The largest absolute Gasteiger partial charge is 0.493 e. The van der Waals surface area contributed by atoms with E-state index in [1.165, 1.54) is 11.1 Å². The van der Waals surface area contributed by atoms with Crippen molar-refractivity contribution in [3.63, 3.8) is 0 Å². The van der Waals surface area contributed by atoms with Crippen molar-refractivity contribution < 1.29 is 9.26 Å². The molecule has 0 amide bonds. The first-order chi connectivity index (χ1) is 10.2. The second-order valence-corrected chi connectivity index (χ2v) is 6.09. The molecule has 2 heterocycles. The Morgan fingerprint density at radius 3 is 2.86 bits per heavy atom. The summed E-state index contributed by atoms with van der Waals surface area (Å²) in [5.41, 5.74) is 8.41. The lowest BCUT2D eigenvalue weighted by molar-refractivity contribution is 0.352. The number of nitrogens with zero attached hydrogens (tertiary/aromatic N) is 2. The van der Waals surface area contributed by atoms with E-state index >= 15 is 0 Å². The molecule has 22 heavy (non-hydrogen) atoms. The topological polar surface area (TPSA) is 74.2 Å². The zero-order valence-electron chi connectivity index (χ0n) is 12.4. The molecule has 5 nitrogen and oxygen atoms in total. The fraction of sp³-hybridized carbons (Fsp3) is 0.500. The minimum absolute atomic E-state index is 0. The van der Waals surface area contributed by atoms with E-state index in [0.29, 0.717) is 18.1 Å². The molecule has 4 rings (SSSR count). The van der Waals surface area contributed by atoms with Crippen LogP contribution in [0.15, 0.2) is 22.7 Å². The summed E-state index contributed by atoms with van der Waals surface area (Å²) in [5.74, 6) is 2.30. The quantitative estimate of drug-likeness (QED) is 0.941. The molecule has 1 aromatic carbocycles. The summed E-state index contributed by atoms with van der Waals surface area (Å²) in [6.07, 6.45) is 5.81. The maximum atomic E-state index is 6.36. The minimum atomic E-state index is -0.381. The molecule has 0 radical (unpaired) electrons. The van der Waals surface area contributed by atoms with Gasteiger partial charge in [0.1, 0.15) is 5.75 Å². The summed E-state index contributed by atoms with van der Waals surface area (Å²) in [5, 5.41) is 4.10. The van der Waals surface area contributed by atoms with Crippen molar-refractivity contribution in [1.29, 1.82) is 0 Å². The first kappa shape index (κ1) is 15.3. The van der Waals surface area contributed by atoms with E-state index in [9.17, 15) is 0 Å². The number of hydrogen-bond acceptors (Lipinski definition) is 5. The summed E-state index contributed by atoms with van der Waals surface area (Å²) in [7, 11) is 0. The van der Waals surface area contributed by atoms with Gasteiger partial charge in [-0.25, -0.2) is 0 Å². The van der Waals surface area contributed by atoms with Crippen LogP contribution in [0.25, 0.3) is 0 Å². The predicted molar refractivity (Wildman–Crippen MR) is 84.3 cm³/mol. The highest BCUT2D eigenvalue weighted by Crippen LogP contribution is 2.34. The van der Waals surface area contributed by atoms with Crippen LogP contribution in [0.1, 0.15) is 48.5 Å². The van der Waals surface area contributed by atoms with Gasteiger partial charge in [0.15, 0.2) is 5.82 Å². The third-order valence-electron chi connectivity index (χ3n) is 4.52. The molecule has 1 aliphatic carbocycles. The van der Waals surface area contributed by atoms with Crippen molar-refractivity contribution in [1.82, 2.24) is 10.1 Å². The van der Waals surface area contributed by atoms with Crippen molar-refractivity contribution in [2.45, 2.75) is 44.1 Å². The zero-order chi connectivity index (χ0) is 14.3. The van der Waals surface area contributed by atoms with Gasteiger partial charge < -0.3 is 15.0 Å². The molecular formula is C16H20ClN3O2. The number of halogens is 1. The molecule has 0 atom stereocenters. The average Bonchev–Trinajstić information content (AvgIpc) is 3.18. The smallest absolute Gasteiger partial charge is 0.231 e. The van der Waals surface area contributed by atoms with Gasteiger partial charge in [0.25, 0.3) is 0 Å². The molecule has 1 aliphatic heterocycles. The molecule has 0 spiro atoms. The van der Waals surface area contributed by atoms with Gasteiger partial charge in [0, 0.05) is 6.42 Å². The lowest BCUT2D eigenvalue weighted by Crippen LogP contribution is -2.34. The number of ether oxygens (including phenoxy) is 1. The van der Waals surface area contributed by atoms with Crippen LogP contribution in [0.3, 0.4) is 0 Å². The Morgan fingerprint density at radius 2 is 2.05 bits per heavy atom. The Bertz CT molecular complexity index is 665. The fourth-order valence-electron chi connectivity index (χ4n) is 3.28. The Hall–Kier alpha value is -1.59. The molecule has 118 valence electrons. The van der Waals surface area contributed by atoms with Crippen LogP contribution < -0.4 is 10.5 Å². The van der Waals surface area contributed by atoms with E-state index in [1.54, 1.807) is 0 Å². The number of nitrogens with two attached hydrogens (primary N) is 1. The maximum absolute atomic E-state index is 6.36. The summed E-state index contributed by atoms with van der Waals surface area (Å²) in [4.78, 5) is 4.52. The first-order valence-corrected chi connectivity index (χ1v) is 7.59. The number of hydrogen-bond donors (Lipinski definition) is 1. The molecule has 2 aromatic rings. The lowest BCUT2D eigenvalue weighted by Gasteiger charge is -2.17. The van der Waals surface area contributed by atoms with Crippen molar-refractivity contribution in [2.24, 2.45) is 5.73 Å². The van der Waals surface area contributed by atoms with Crippen LogP contribution in [0.5, 0.6) is 5.75 Å². The Morgan fingerprint density at radius 1 is 1.23 bits per heavy atom. The van der Waals surface area contributed by atoms with Gasteiger partial charge in [-0.1, -0.05) is 30.1 Å². The monoisotopic (exact) mass is 321 g/mol. The summed E-state index contributed by atoms with van der Waals surface area (Å²) >= 11 is 0. The van der Waals surface area contributed by atoms with E-state index in [1.807, 2.05) is 6.07 Å². The Labute approximate surface area is 135 Å². The summed E-state index contributed by atoms with van der Waals surface area (Å²) in [6.45, 7) is 0.777. The molecule has 0 unspecified atom stereocenters. The fourth-order valence-corrected chi connectivity index (χ4v) is 3.28. The SMILES string of the molecule is Cl.NC1(c2noc(Cc3ccc4c(c3)CCO4)n2)CCCC1.